The van der Waals surface area contributed by atoms with Crippen molar-refractivity contribution in [3.63, 3.8) is 0 Å². The first-order valence-electron chi connectivity index (χ1n) is 5.80. The lowest BCUT2D eigenvalue weighted by molar-refractivity contribution is -0.116. The molecule has 1 amide bonds. The number of carbonyl (C=O) groups excluding carboxylic acids is 1. The van der Waals surface area contributed by atoms with Crippen LogP contribution in [0.3, 0.4) is 0 Å². The summed E-state index contributed by atoms with van der Waals surface area (Å²) in [5, 5.41) is 6.11. The van der Waals surface area contributed by atoms with E-state index in [9.17, 15) is 4.79 Å². The normalized spacial score (nSPS) is 9.53. The van der Waals surface area contributed by atoms with Gasteiger partial charge in [-0.1, -0.05) is 25.1 Å². The summed E-state index contributed by atoms with van der Waals surface area (Å²) in [4.78, 5) is 11.6. The number of aryl methyl sites for hydroxylation is 1. The molecule has 0 unspecified atom stereocenters. The van der Waals surface area contributed by atoms with Crippen LogP contribution in [0.5, 0.6) is 0 Å². The van der Waals surface area contributed by atoms with Crippen molar-refractivity contribution in [2.45, 2.75) is 26.7 Å². The Morgan fingerprint density at radius 2 is 1.94 bits per heavy atom. The lowest BCUT2D eigenvalue weighted by Gasteiger charge is -2.08. The fourth-order valence-corrected chi connectivity index (χ4v) is 1.43. The van der Waals surface area contributed by atoms with Crippen LogP contribution in [0.4, 0.5) is 5.69 Å². The molecule has 0 aliphatic heterocycles. The maximum Gasteiger partial charge on any atom is 0.225 e. The van der Waals surface area contributed by atoms with Crippen LogP contribution in [0, 0.1) is 6.92 Å². The van der Waals surface area contributed by atoms with Gasteiger partial charge >= 0.3 is 0 Å². The molecule has 0 radical (unpaired) electrons. The van der Waals surface area contributed by atoms with Crippen molar-refractivity contribution in [3.05, 3.63) is 29.8 Å². The summed E-state index contributed by atoms with van der Waals surface area (Å²) in [6.07, 6.45) is 1.62. The van der Waals surface area contributed by atoms with Crippen LogP contribution in [0.25, 0.3) is 0 Å². The van der Waals surface area contributed by atoms with E-state index in [4.69, 9.17) is 0 Å². The maximum atomic E-state index is 11.6. The number of anilines is 1. The molecule has 0 saturated heterocycles. The summed E-state index contributed by atoms with van der Waals surface area (Å²) in [7, 11) is 0. The van der Waals surface area contributed by atoms with Gasteiger partial charge in [0.05, 0.1) is 0 Å². The monoisotopic (exact) mass is 256 g/mol. The third kappa shape index (κ3) is 6.29. The lowest BCUT2D eigenvalue weighted by atomic mass is 10.2. The fourth-order valence-electron chi connectivity index (χ4n) is 1.43. The second kappa shape index (κ2) is 9.02. The quantitative estimate of drug-likeness (QED) is 0.769. The highest BCUT2D eigenvalue weighted by atomic mass is 35.5. The molecule has 0 bridgehead atoms. The maximum absolute atomic E-state index is 11.6. The summed E-state index contributed by atoms with van der Waals surface area (Å²) >= 11 is 0. The highest BCUT2D eigenvalue weighted by Crippen LogP contribution is 2.12. The standard InChI is InChI=1S/C13H20N2O.ClH/c1-3-9-14-10-8-13(16)15-12-7-5-4-6-11(12)2;/h4-7,14H,3,8-10H2,1-2H3,(H,15,16);1H. The second-order valence-corrected chi connectivity index (χ2v) is 3.86. The average molecular weight is 257 g/mol. The number of hydrogen-bond donors (Lipinski definition) is 2. The lowest BCUT2D eigenvalue weighted by Crippen LogP contribution is -2.22. The van der Waals surface area contributed by atoms with Gasteiger partial charge in [-0.2, -0.15) is 0 Å². The molecule has 2 N–H and O–H groups in total. The van der Waals surface area contributed by atoms with Gasteiger partial charge in [-0.05, 0) is 31.5 Å². The van der Waals surface area contributed by atoms with E-state index >= 15 is 0 Å². The molecule has 0 fully saturated rings. The highest BCUT2D eigenvalue weighted by Gasteiger charge is 2.03. The van der Waals surface area contributed by atoms with Gasteiger partial charge in [0.25, 0.3) is 0 Å². The number of benzene rings is 1. The number of carbonyl (C=O) groups is 1. The van der Waals surface area contributed by atoms with E-state index < -0.39 is 0 Å². The Kier molecular flexibility index (Phi) is 8.46. The number of amides is 1. The predicted molar refractivity (Wildman–Crippen MR) is 74.8 cm³/mol. The Morgan fingerprint density at radius 3 is 2.59 bits per heavy atom. The molecular formula is C13H21ClN2O. The first-order valence-corrected chi connectivity index (χ1v) is 5.80. The minimum atomic E-state index is 0. The fraction of sp³-hybridized carbons (Fsp3) is 0.462. The molecule has 96 valence electrons. The summed E-state index contributed by atoms with van der Waals surface area (Å²) in [5.41, 5.74) is 2.00. The van der Waals surface area contributed by atoms with Crippen LogP contribution in [-0.4, -0.2) is 19.0 Å². The van der Waals surface area contributed by atoms with Crippen molar-refractivity contribution in [2.75, 3.05) is 18.4 Å². The molecular weight excluding hydrogens is 236 g/mol. The van der Waals surface area contributed by atoms with E-state index in [1.165, 1.54) is 0 Å². The van der Waals surface area contributed by atoms with Crippen molar-refractivity contribution in [3.8, 4) is 0 Å². The van der Waals surface area contributed by atoms with Crippen LogP contribution >= 0.6 is 12.4 Å². The Bertz CT molecular complexity index is 342. The Morgan fingerprint density at radius 1 is 1.24 bits per heavy atom. The Balaban J connectivity index is 0.00000256. The SMILES string of the molecule is CCCNCCC(=O)Nc1ccccc1C.Cl. The molecule has 0 heterocycles. The molecule has 1 rings (SSSR count). The van der Waals surface area contributed by atoms with Crippen molar-refractivity contribution >= 4 is 24.0 Å². The van der Waals surface area contributed by atoms with Crippen LogP contribution in [-0.2, 0) is 4.79 Å². The van der Waals surface area contributed by atoms with E-state index in [0.29, 0.717) is 6.42 Å². The Hall–Kier alpha value is -1.06. The zero-order chi connectivity index (χ0) is 11.8. The molecule has 0 spiro atoms. The largest absolute Gasteiger partial charge is 0.326 e. The summed E-state index contributed by atoms with van der Waals surface area (Å²) in [6.45, 7) is 5.81. The highest BCUT2D eigenvalue weighted by molar-refractivity contribution is 5.91. The Labute approximate surface area is 109 Å². The summed E-state index contributed by atoms with van der Waals surface area (Å²) in [6, 6.07) is 7.81. The number of para-hydroxylation sites is 1. The first kappa shape index (κ1) is 15.9. The van der Waals surface area contributed by atoms with E-state index in [-0.39, 0.29) is 18.3 Å². The molecule has 1 aromatic carbocycles. The van der Waals surface area contributed by atoms with Gasteiger partial charge in [-0.15, -0.1) is 12.4 Å². The van der Waals surface area contributed by atoms with Gasteiger partial charge in [0.15, 0.2) is 0 Å². The number of rotatable bonds is 6. The average Bonchev–Trinajstić information content (AvgIpc) is 2.28. The van der Waals surface area contributed by atoms with Crippen molar-refractivity contribution in [2.24, 2.45) is 0 Å². The molecule has 1 aromatic rings. The van der Waals surface area contributed by atoms with Crippen LogP contribution in [0.15, 0.2) is 24.3 Å². The number of nitrogens with one attached hydrogen (secondary N) is 2. The van der Waals surface area contributed by atoms with E-state index in [1.807, 2.05) is 31.2 Å². The van der Waals surface area contributed by atoms with Crippen molar-refractivity contribution < 1.29 is 4.79 Å². The molecule has 3 nitrogen and oxygen atoms in total. The molecule has 0 atom stereocenters. The van der Waals surface area contributed by atoms with Gasteiger partial charge in [0.1, 0.15) is 0 Å². The first-order chi connectivity index (χ1) is 7.74. The van der Waals surface area contributed by atoms with Gasteiger partial charge in [0.2, 0.25) is 5.91 Å². The zero-order valence-corrected chi connectivity index (χ0v) is 11.3. The van der Waals surface area contributed by atoms with Crippen molar-refractivity contribution in [1.82, 2.24) is 5.32 Å². The molecule has 0 saturated carbocycles. The van der Waals surface area contributed by atoms with E-state index in [2.05, 4.69) is 17.6 Å². The number of halogens is 1. The molecule has 0 aliphatic rings. The van der Waals surface area contributed by atoms with E-state index in [1.54, 1.807) is 0 Å². The summed E-state index contributed by atoms with van der Waals surface area (Å²) < 4.78 is 0. The predicted octanol–water partition coefficient (Wildman–Crippen LogP) is 2.75. The van der Waals surface area contributed by atoms with E-state index in [0.717, 1.165) is 30.8 Å². The van der Waals surface area contributed by atoms with Crippen molar-refractivity contribution in [1.29, 1.82) is 0 Å². The van der Waals surface area contributed by atoms with Crippen LogP contribution in [0.2, 0.25) is 0 Å². The van der Waals surface area contributed by atoms with Crippen LogP contribution in [0.1, 0.15) is 25.3 Å². The van der Waals surface area contributed by atoms with Gasteiger partial charge in [-0.3, -0.25) is 4.79 Å². The molecule has 4 heteroatoms. The topological polar surface area (TPSA) is 41.1 Å². The second-order valence-electron chi connectivity index (χ2n) is 3.86. The zero-order valence-electron chi connectivity index (χ0n) is 10.5. The van der Waals surface area contributed by atoms with Gasteiger partial charge in [0, 0.05) is 18.7 Å². The third-order valence-electron chi connectivity index (χ3n) is 2.37. The molecule has 0 aromatic heterocycles. The smallest absolute Gasteiger partial charge is 0.225 e. The minimum Gasteiger partial charge on any atom is -0.326 e. The third-order valence-corrected chi connectivity index (χ3v) is 2.37. The minimum absolute atomic E-state index is 0. The molecule has 17 heavy (non-hydrogen) atoms. The van der Waals surface area contributed by atoms with Gasteiger partial charge in [-0.25, -0.2) is 0 Å². The molecule has 0 aliphatic carbocycles. The van der Waals surface area contributed by atoms with Crippen LogP contribution < -0.4 is 10.6 Å². The van der Waals surface area contributed by atoms with Gasteiger partial charge < -0.3 is 10.6 Å². The number of hydrogen-bond acceptors (Lipinski definition) is 2. The summed E-state index contributed by atoms with van der Waals surface area (Å²) in [5.74, 6) is 0.0675.